The van der Waals surface area contributed by atoms with Gasteiger partial charge in [-0.2, -0.15) is 0 Å². The van der Waals surface area contributed by atoms with Crippen molar-refractivity contribution in [2.45, 2.75) is 46.7 Å². The molecule has 31 heavy (non-hydrogen) atoms. The third-order valence-corrected chi connectivity index (χ3v) is 6.05. The van der Waals surface area contributed by atoms with Gasteiger partial charge >= 0.3 is 5.97 Å². The molecule has 1 heterocycles. The van der Waals surface area contributed by atoms with Crippen LogP contribution in [0.5, 0.6) is 5.75 Å². The zero-order valence-electron chi connectivity index (χ0n) is 19.1. The maximum absolute atomic E-state index is 11.3. The largest absolute Gasteiger partial charge is 0.492 e. The first kappa shape index (κ1) is 22.8. The SMILES string of the molecule is CCN(CC)C(C)C(c1ccc2cc(OCC(C)(C)C(=O)O)ccc2c1)n1ccnc1. The monoisotopic (exact) mass is 423 g/mol. The molecule has 6 heteroatoms. The minimum Gasteiger partial charge on any atom is -0.492 e. The van der Waals surface area contributed by atoms with Crippen LogP contribution in [0.2, 0.25) is 0 Å². The van der Waals surface area contributed by atoms with Crippen molar-refractivity contribution in [1.29, 1.82) is 0 Å². The number of aliphatic carboxylic acids is 1. The summed E-state index contributed by atoms with van der Waals surface area (Å²) in [4.78, 5) is 18.0. The Morgan fingerprint density at radius 2 is 1.84 bits per heavy atom. The highest BCUT2D eigenvalue weighted by atomic mass is 16.5. The summed E-state index contributed by atoms with van der Waals surface area (Å²) in [6.07, 6.45) is 5.73. The Bertz CT molecular complexity index is 1010. The first-order chi connectivity index (χ1) is 14.8. The van der Waals surface area contributed by atoms with Crippen molar-refractivity contribution >= 4 is 16.7 Å². The van der Waals surface area contributed by atoms with Gasteiger partial charge in [0.05, 0.1) is 17.8 Å². The number of aromatic nitrogens is 2. The first-order valence-corrected chi connectivity index (χ1v) is 10.9. The Labute approximate surface area is 184 Å². The molecule has 2 unspecified atom stereocenters. The van der Waals surface area contributed by atoms with Gasteiger partial charge in [-0.3, -0.25) is 9.69 Å². The molecular weight excluding hydrogens is 390 g/mol. The van der Waals surface area contributed by atoms with Gasteiger partial charge in [0.1, 0.15) is 12.4 Å². The molecule has 0 bridgehead atoms. The van der Waals surface area contributed by atoms with E-state index in [0.29, 0.717) is 11.8 Å². The Hall–Kier alpha value is -2.86. The van der Waals surface area contributed by atoms with Gasteiger partial charge < -0.3 is 14.4 Å². The molecule has 0 radical (unpaired) electrons. The van der Waals surface area contributed by atoms with Gasteiger partial charge in [-0.25, -0.2) is 4.98 Å². The van der Waals surface area contributed by atoms with Crippen molar-refractivity contribution in [3.05, 3.63) is 60.7 Å². The molecule has 0 amide bonds. The number of ether oxygens (including phenoxy) is 1. The summed E-state index contributed by atoms with van der Waals surface area (Å²) in [5.74, 6) is -0.192. The van der Waals surface area contributed by atoms with Gasteiger partial charge in [0.2, 0.25) is 0 Å². The van der Waals surface area contributed by atoms with Gasteiger partial charge in [0.15, 0.2) is 0 Å². The van der Waals surface area contributed by atoms with Crippen LogP contribution >= 0.6 is 0 Å². The highest BCUT2D eigenvalue weighted by Crippen LogP contribution is 2.30. The standard InChI is InChI=1S/C25H33N3O3/c1-6-27(7-2)18(3)23(28-13-12-26-17-28)21-9-8-20-15-22(11-10-19(20)14-21)31-16-25(4,5)24(29)30/h8-15,17-18,23H,6-7,16H2,1-5H3,(H,29,30). The fourth-order valence-electron chi connectivity index (χ4n) is 3.97. The summed E-state index contributed by atoms with van der Waals surface area (Å²) in [6, 6.07) is 12.9. The van der Waals surface area contributed by atoms with Crippen LogP contribution < -0.4 is 4.74 Å². The van der Waals surface area contributed by atoms with Gasteiger partial charge in [-0.1, -0.05) is 32.0 Å². The first-order valence-electron chi connectivity index (χ1n) is 10.9. The number of nitrogens with zero attached hydrogens (tertiary/aromatic N) is 3. The third kappa shape index (κ3) is 5.07. The molecule has 2 aromatic carbocycles. The van der Waals surface area contributed by atoms with Crippen molar-refractivity contribution in [1.82, 2.24) is 14.5 Å². The topological polar surface area (TPSA) is 67.6 Å². The van der Waals surface area contributed by atoms with Gasteiger partial charge in [-0.05, 0) is 68.4 Å². The molecule has 0 aliphatic rings. The predicted octanol–water partition coefficient (Wildman–Crippen LogP) is 4.85. The fourth-order valence-corrected chi connectivity index (χ4v) is 3.97. The molecule has 0 aliphatic heterocycles. The second-order valence-corrected chi connectivity index (χ2v) is 8.66. The van der Waals surface area contributed by atoms with E-state index in [4.69, 9.17) is 4.74 Å². The smallest absolute Gasteiger partial charge is 0.312 e. The van der Waals surface area contributed by atoms with E-state index in [2.05, 4.69) is 53.4 Å². The van der Waals surface area contributed by atoms with E-state index in [1.807, 2.05) is 36.9 Å². The third-order valence-electron chi connectivity index (χ3n) is 6.05. The van der Waals surface area contributed by atoms with E-state index in [1.54, 1.807) is 13.8 Å². The van der Waals surface area contributed by atoms with Crippen LogP contribution in [0.1, 0.15) is 46.2 Å². The van der Waals surface area contributed by atoms with Crippen LogP contribution in [0.25, 0.3) is 10.8 Å². The maximum Gasteiger partial charge on any atom is 0.312 e. The molecule has 166 valence electrons. The zero-order chi connectivity index (χ0) is 22.6. The van der Waals surface area contributed by atoms with E-state index in [1.165, 1.54) is 5.56 Å². The Morgan fingerprint density at radius 1 is 1.16 bits per heavy atom. The number of hydrogen-bond donors (Lipinski definition) is 1. The van der Waals surface area contributed by atoms with Crippen molar-refractivity contribution in [3.8, 4) is 5.75 Å². The Morgan fingerprint density at radius 3 is 2.45 bits per heavy atom. The fraction of sp³-hybridized carbons (Fsp3) is 0.440. The lowest BCUT2D eigenvalue weighted by Crippen LogP contribution is -2.39. The Kier molecular flexibility index (Phi) is 7.01. The lowest BCUT2D eigenvalue weighted by Gasteiger charge is -2.34. The number of rotatable bonds is 10. The molecule has 1 aromatic heterocycles. The molecule has 0 saturated carbocycles. The van der Waals surface area contributed by atoms with Crippen LogP contribution in [-0.2, 0) is 4.79 Å². The summed E-state index contributed by atoms with van der Waals surface area (Å²) in [5, 5.41) is 11.5. The molecule has 1 N–H and O–H groups in total. The average molecular weight is 424 g/mol. The van der Waals surface area contributed by atoms with Crippen LogP contribution in [-0.4, -0.2) is 51.3 Å². The van der Waals surface area contributed by atoms with Crippen molar-refractivity contribution in [3.63, 3.8) is 0 Å². The molecule has 0 spiro atoms. The van der Waals surface area contributed by atoms with Gasteiger partial charge in [0, 0.05) is 18.4 Å². The molecular formula is C25H33N3O3. The summed E-state index contributed by atoms with van der Waals surface area (Å²) >= 11 is 0. The number of benzene rings is 2. The highest BCUT2D eigenvalue weighted by molar-refractivity contribution is 5.84. The molecule has 0 fully saturated rings. The normalized spacial score (nSPS) is 14.0. The number of carboxylic acids is 1. The van der Waals surface area contributed by atoms with E-state index in [-0.39, 0.29) is 12.6 Å². The molecule has 0 aliphatic carbocycles. The second kappa shape index (κ2) is 9.52. The number of fused-ring (bicyclic) bond motifs is 1. The molecule has 3 rings (SSSR count). The van der Waals surface area contributed by atoms with Crippen LogP contribution in [0, 0.1) is 5.41 Å². The van der Waals surface area contributed by atoms with Crippen LogP contribution in [0.15, 0.2) is 55.1 Å². The average Bonchev–Trinajstić information content (AvgIpc) is 3.27. The lowest BCUT2D eigenvalue weighted by molar-refractivity contribution is -0.148. The summed E-state index contributed by atoms with van der Waals surface area (Å²) in [6.45, 7) is 12.1. The van der Waals surface area contributed by atoms with E-state index < -0.39 is 11.4 Å². The van der Waals surface area contributed by atoms with Crippen LogP contribution in [0.4, 0.5) is 0 Å². The molecule has 0 saturated heterocycles. The maximum atomic E-state index is 11.3. The summed E-state index contributed by atoms with van der Waals surface area (Å²) < 4.78 is 7.95. The quantitative estimate of drug-likeness (QED) is 0.505. The number of hydrogen-bond acceptors (Lipinski definition) is 4. The van der Waals surface area contributed by atoms with E-state index in [9.17, 15) is 9.90 Å². The van der Waals surface area contributed by atoms with Crippen molar-refractivity contribution < 1.29 is 14.6 Å². The molecule has 2 atom stereocenters. The number of carboxylic acid groups (broad SMARTS) is 1. The van der Waals surface area contributed by atoms with Gasteiger partial charge in [-0.15, -0.1) is 0 Å². The van der Waals surface area contributed by atoms with Crippen LogP contribution in [0.3, 0.4) is 0 Å². The van der Waals surface area contributed by atoms with E-state index >= 15 is 0 Å². The number of likely N-dealkylation sites (N-methyl/N-ethyl adjacent to an activating group) is 1. The number of imidazole rings is 1. The Balaban J connectivity index is 1.90. The summed E-state index contributed by atoms with van der Waals surface area (Å²) in [7, 11) is 0. The predicted molar refractivity (Wildman–Crippen MR) is 124 cm³/mol. The molecule has 6 nitrogen and oxygen atoms in total. The zero-order valence-corrected chi connectivity index (χ0v) is 19.1. The minimum atomic E-state index is -0.933. The summed E-state index contributed by atoms with van der Waals surface area (Å²) in [5.41, 5.74) is 0.294. The second-order valence-electron chi connectivity index (χ2n) is 8.66. The van der Waals surface area contributed by atoms with Crippen molar-refractivity contribution in [2.75, 3.05) is 19.7 Å². The van der Waals surface area contributed by atoms with E-state index in [0.717, 1.165) is 23.9 Å². The van der Waals surface area contributed by atoms with Gasteiger partial charge in [0.25, 0.3) is 0 Å². The lowest BCUT2D eigenvalue weighted by atomic mass is 9.95. The van der Waals surface area contributed by atoms with Crippen molar-refractivity contribution in [2.24, 2.45) is 5.41 Å². The highest BCUT2D eigenvalue weighted by Gasteiger charge is 2.28. The molecule has 3 aromatic rings. The minimum absolute atomic E-state index is 0.121. The number of carbonyl (C=O) groups is 1.